The molecule has 1 N–H and O–H groups in total. The molecule has 1 amide bonds. The van der Waals surface area contributed by atoms with E-state index in [0.717, 1.165) is 30.0 Å². The van der Waals surface area contributed by atoms with Gasteiger partial charge < -0.3 is 10.2 Å². The van der Waals surface area contributed by atoms with Crippen LogP contribution in [0.3, 0.4) is 0 Å². The molecule has 2 heterocycles. The number of amides is 1. The third-order valence-electron chi connectivity index (χ3n) is 4.70. The molecule has 4 nitrogen and oxygen atoms in total. The molecular weight excluding hydrogens is 322 g/mol. The van der Waals surface area contributed by atoms with E-state index < -0.39 is 0 Å². The van der Waals surface area contributed by atoms with Crippen LogP contribution < -0.4 is 10.2 Å². The second-order valence-electron chi connectivity index (χ2n) is 6.53. The standard InChI is InChI=1S/C22H21N3O/c26-22-14-19(16-25(22)20-6-2-1-3-7-20)24-15-17-9-11-18(12-10-17)21-8-4-5-13-23-21/h1-13,19,24H,14-16H2/t19-/m0/s1. The van der Waals surface area contributed by atoms with Crippen molar-refractivity contribution in [3.8, 4) is 11.3 Å². The summed E-state index contributed by atoms with van der Waals surface area (Å²) in [6, 6.07) is 24.4. The van der Waals surface area contributed by atoms with Gasteiger partial charge in [-0.2, -0.15) is 0 Å². The highest BCUT2D eigenvalue weighted by atomic mass is 16.2. The third-order valence-corrected chi connectivity index (χ3v) is 4.70. The number of rotatable bonds is 5. The first kappa shape index (κ1) is 16.5. The van der Waals surface area contributed by atoms with Crippen molar-refractivity contribution in [3.63, 3.8) is 0 Å². The fraction of sp³-hybridized carbons (Fsp3) is 0.182. The Bertz CT molecular complexity index is 863. The molecule has 1 atom stereocenters. The van der Waals surface area contributed by atoms with Gasteiger partial charge in [-0.05, 0) is 29.8 Å². The Hall–Kier alpha value is -2.98. The van der Waals surface area contributed by atoms with Crippen LogP contribution in [0, 0.1) is 0 Å². The molecule has 4 rings (SSSR count). The average molecular weight is 343 g/mol. The molecule has 0 unspecified atom stereocenters. The van der Waals surface area contributed by atoms with Crippen molar-refractivity contribution in [2.45, 2.75) is 19.0 Å². The summed E-state index contributed by atoms with van der Waals surface area (Å²) < 4.78 is 0. The van der Waals surface area contributed by atoms with Crippen LogP contribution in [-0.2, 0) is 11.3 Å². The Balaban J connectivity index is 1.35. The van der Waals surface area contributed by atoms with E-state index in [0.29, 0.717) is 6.42 Å². The van der Waals surface area contributed by atoms with Gasteiger partial charge >= 0.3 is 0 Å². The Labute approximate surface area is 153 Å². The molecule has 1 aromatic heterocycles. The number of pyridine rings is 1. The first-order valence-corrected chi connectivity index (χ1v) is 8.89. The van der Waals surface area contributed by atoms with E-state index in [1.54, 1.807) is 6.20 Å². The van der Waals surface area contributed by atoms with Gasteiger partial charge in [0.25, 0.3) is 0 Å². The van der Waals surface area contributed by atoms with Crippen molar-refractivity contribution in [1.29, 1.82) is 0 Å². The minimum Gasteiger partial charge on any atom is -0.311 e. The number of carbonyl (C=O) groups is 1. The quantitative estimate of drug-likeness (QED) is 0.769. The number of hydrogen-bond donors (Lipinski definition) is 1. The first-order valence-electron chi connectivity index (χ1n) is 8.89. The lowest BCUT2D eigenvalue weighted by atomic mass is 10.1. The van der Waals surface area contributed by atoms with Crippen LogP contribution in [0.25, 0.3) is 11.3 Å². The van der Waals surface area contributed by atoms with E-state index in [4.69, 9.17) is 0 Å². The van der Waals surface area contributed by atoms with Crippen molar-refractivity contribution in [1.82, 2.24) is 10.3 Å². The Kier molecular flexibility index (Phi) is 4.75. The summed E-state index contributed by atoms with van der Waals surface area (Å²) in [6.07, 6.45) is 2.35. The number of nitrogens with one attached hydrogen (secondary N) is 1. The molecule has 0 spiro atoms. The molecule has 1 aliphatic rings. The van der Waals surface area contributed by atoms with Crippen LogP contribution in [0.15, 0.2) is 79.0 Å². The predicted octanol–water partition coefficient (Wildman–Crippen LogP) is 3.64. The molecule has 3 aromatic rings. The Morgan fingerprint density at radius 2 is 1.73 bits per heavy atom. The van der Waals surface area contributed by atoms with Crippen molar-refractivity contribution in [2.24, 2.45) is 0 Å². The summed E-state index contributed by atoms with van der Waals surface area (Å²) in [5.74, 6) is 0.180. The van der Waals surface area contributed by atoms with E-state index in [1.807, 2.05) is 53.4 Å². The van der Waals surface area contributed by atoms with E-state index >= 15 is 0 Å². The Morgan fingerprint density at radius 3 is 2.46 bits per heavy atom. The van der Waals surface area contributed by atoms with Crippen LogP contribution in [0.5, 0.6) is 0 Å². The van der Waals surface area contributed by atoms with Crippen LogP contribution in [-0.4, -0.2) is 23.5 Å². The topological polar surface area (TPSA) is 45.2 Å². The van der Waals surface area contributed by atoms with Gasteiger partial charge in [-0.25, -0.2) is 0 Å². The summed E-state index contributed by atoms with van der Waals surface area (Å²) in [5.41, 5.74) is 4.27. The van der Waals surface area contributed by atoms with Crippen LogP contribution in [0.1, 0.15) is 12.0 Å². The second-order valence-corrected chi connectivity index (χ2v) is 6.53. The first-order chi connectivity index (χ1) is 12.8. The lowest BCUT2D eigenvalue weighted by Crippen LogP contribution is -2.32. The van der Waals surface area contributed by atoms with Crippen molar-refractivity contribution >= 4 is 11.6 Å². The zero-order valence-corrected chi connectivity index (χ0v) is 14.5. The van der Waals surface area contributed by atoms with Gasteiger partial charge in [0.1, 0.15) is 0 Å². The molecule has 0 aliphatic carbocycles. The number of nitrogens with zero attached hydrogens (tertiary/aromatic N) is 2. The number of hydrogen-bond acceptors (Lipinski definition) is 3. The number of benzene rings is 2. The minimum absolute atomic E-state index is 0.179. The van der Waals surface area contributed by atoms with Crippen LogP contribution in [0.4, 0.5) is 5.69 Å². The summed E-state index contributed by atoms with van der Waals surface area (Å²) >= 11 is 0. The van der Waals surface area contributed by atoms with Gasteiger partial charge in [-0.1, -0.05) is 48.5 Å². The number of carbonyl (C=O) groups excluding carboxylic acids is 1. The average Bonchev–Trinajstić information content (AvgIpc) is 3.09. The van der Waals surface area contributed by atoms with Crippen molar-refractivity contribution in [2.75, 3.05) is 11.4 Å². The van der Waals surface area contributed by atoms with Gasteiger partial charge in [0.2, 0.25) is 5.91 Å². The van der Waals surface area contributed by atoms with Gasteiger partial charge in [0, 0.05) is 43.0 Å². The summed E-state index contributed by atoms with van der Waals surface area (Å²) in [6.45, 7) is 1.47. The molecular formula is C22H21N3O. The van der Waals surface area contributed by atoms with Gasteiger partial charge in [-0.3, -0.25) is 9.78 Å². The lowest BCUT2D eigenvalue weighted by Gasteiger charge is -2.17. The highest BCUT2D eigenvalue weighted by molar-refractivity contribution is 5.96. The third kappa shape index (κ3) is 3.65. The number of anilines is 1. The Morgan fingerprint density at radius 1 is 0.962 bits per heavy atom. The van der Waals surface area contributed by atoms with Gasteiger partial charge in [-0.15, -0.1) is 0 Å². The molecule has 1 saturated heterocycles. The van der Waals surface area contributed by atoms with Crippen molar-refractivity contribution in [3.05, 3.63) is 84.6 Å². The number of aromatic nitrogens is 1. The molecule has 0 radical (unpaired) electrons. The molecule has 0 bridgehead atoms. The van der Waals surface area contributed by atoms with E-state index in [9.17, 15) is 4.79 Å². The summed E-state index contributed by atoms with van der Waals surface area (Å²) in [4.78, 5) is 18.5. The zero-order chi connectivity index (χ0) is 17.8. The van der Waals surface area contributed by atoms with Gasteiger partial charge in [0.05, 0.1) is 5.69 Å². The molecule has 130 valence electrons. The fourth-order valence-corrected chi connectivity index (χ4v) is 3.29. The largest absolute Gasteiger partial charge is 0.311 e. The van der Waals surface area contributed by atoms with Crippen LogP contribution in [0.2, 0.25) is 0 Å². The van der Waals surface area contributed by atoms with E-state index in [1.165, 1.54) is 5.56 Å². The van der Waals surface area contributed by atoms with Gasteiger partial charge in [0.15, 0.2) is 0 Å². The van der Waals surface area contributed by atoms with Crippen LogP contribution >= 0.6 is 0 Å². The monoisotopic (exact) mass is 343 g/mol. The fourth-order valence-electron chi connectivity index (χ4n) is 3.29. The maximum Gasteiger partial charge on any atom is 0.228 e. The predicted molar refractivity (Wildman–Crippen MR) is 104 cm³/mol. The normalized spacial score (nSPS) is 16.8. The van der Waals surface area contributed by atoms with E-state index in [-0.39, 0.29) is 11.9 Å². The summed E-state index contributed by atoms with van der Waals surface area (Å²) in [7, 11) is 0. The molecule has 4 heteroatoms. The smallest absolute Gasteiger partial charge is 0.228 e. The minimum atomic E-state index is 0.179. The lowest BCUT2D eigenvalue weighted by molar-refractivity contribution is -0.117. The van der Waals surface area contributed by atoms with Crippen molar-refractivity contribution < 1.29 is 4.79 Å². The number of para-hydroxylation sites is 1. The molecule has 2 aromatic carbocycles. The maximum atomic E-state index is 12.3. The van der Waals surface area contributed by atoms with E-state index in [2.05, 4.69) is 34.6 Å². The molecule has 1 aliphatic heterocycles. The highest BCUT2D eigenvalue weighted by Crippen LogP contribution is 2.21. The highest BCUT2D eigenvalue weighted by Gasteiger charge is 2.29. The molecule has 26 heavy (non-hydrogen) atoms. The second kappa shape index (κ2) is 7.50. The molecule has 1 fully saturated rings. The molecule has 0 saturated carbocycles. The maximum absolute atomic E-state index is 12.3. The summed E-state index contributed by atoms with van der Waals surface area (Å²) in [5, 5.41) is 3.51. The SMILES string of the molecule is O=C1C[C@H](NCc2ccc(-c3ccccn3)cc2)CN1c1ccccc1. The zero-order valence-electron chi connectivity index (χ0n) is 14.5.